The second-order valence-corrected chi connectivity index (χ2v) is 5.54. The molecule has 94 valence electrons. The van der Waals surface area contributed by atoms with E-state index in [-0.39, 0.29) is 11.0 Å². The molecule has 1 aromatic rings. The van der Waals surface area contributed by atoms with Gasteiger partial charge in [0.2, 0.25) is 0 Å². The molecule has 1 aromatic carbocycles. The lowest BCUT2D eigenvalue weighted by molar-refractivity contribution is 0.0692. The van der Waals surface area contributed by atoms with Gasteiger partial charge in [0.25, 0.3) is 0 Å². The third-order valence-corrected chi connectivity index (χ3v) is 2.52. The Balaban J connectivity index is 2.75. The first-order chi connectivity index (χ1) is 7.79. The van der Waals surface area contributed by atoms with Crippen LogP contribution in [0.1, 0.15) is 37.6 Å². The second-order valence-electron chi connectivity index (χ2n) is 5.10. The minimum atomic E-state index is -1.01. The predicted molar refractivity (Wildman–Crippen MR) is 68.0 cm³/mol. The van der Waals surface area contributed by atoms with Crippen molar-refractivity contribution in [1.29, 1.82) is 0 Å². The van der Waals surface area contributed by atoms with Gasteiger partial charge in [-0.05, 0) is 30.0 Å². The summed E-state index contributed by atoms with van der Waals surface area (Å²) in [7, 11) is 0. The Morgan fingerprint density at radius 2 is 2.06 bits per heavy atom. The minimum Gasteiger partial charge on any atom is -0.493 e. The number of ether oxygens (including phenoxy) is 1. The number of carboxylic acid groups (broad SMARTS) is 1. The minimum absolute atomic E-state index is 0.142. The van der Waals surface area contributed by atoms with Crippen LogP contribution in [0, 0.1) is 5.41 Å². The zero-order chi connectivity index (χ0) is 13.1. The largest absolute Gasteiger partial charge is 0.493 e. The highest BCUT2D eigenvalue weighted by Crippen LogP contribution is 2.25. The molecule has 0 aliphatic heterocycles. The first-order valence-electron chi connectivity index (χ1n) is 5.45. The highest BCUT2D eigenvalue weighted by molar-refractivity contribution is 6.30. The van der Waals surface area contributed by atoms with Crippen molar-refractivity contribution in [2.45, 2.75) is 27.2 Å². The van der Waals surface area contributed by atoms with Gasteiger partial charge in [-0.15, -0.1) is 0 Å². The number of aromatic carboxylic acids is 1. The molecule has 0 aromatic heterocycles. The van der Waals surface area contributed by atoms with E-state index in [2.05, 4.69) is 20.8 Å². The van der Waals surface area contributed by atoms with Crippen LogP contribution < -0.4 is 4.74 Å². The van der Waals surface area contributed by atoms with Gasteiger partial charge >= 0.3 is 5.97 Å². The SMILES string of the molecule is CC(C)(C)CCOc1cc(Cl)ccc1C(=O)O. The summed E-state index contributed by atoms with van der Waals surface area (Å²) in [6.45, 7) is 6.79. The van der Waals surface area contributed by atoms with Crippen LogP contribution in [-0.4, -0.2) is 17.7 Å². The van der Waals surface area contributed by atoms with E-state index in [1.807, 2.05) is 0 Å². The quantitative estimate of drug-likeness (QED) is 0.890. The summed E-state index contributed by atoms with van der Waals surface area (Å²) in [6, 6.07) is 4.53. The van der Waals surface area contributed by atoms with Gasteiger partial charge < -0.3 is 9.84 Å². The highest BCUT2D eigenvalue weighted by atomic mass is 35.5. The summed E-state index contributed by atoms with van der Waals surface area (Å²) in [5, 5.41) is 9.47. The fourth-order valence-corrected chi connectivity index (χ4v) is 1.42. The van der Waals surface area contributed by atoms with Gasteiger partial charge in [0, 0.05) is 5.02 Å². The van der Waals surface area contributed by atoms with Crippen LogP contribution in [0.2, 0.25) is 5.02 Å². The lowest BCUT2D eigenvalue weighted by Crippen LogP contribution is -2.12. The zero-order valence-electron chi connectivity index (χ0n) is 10.3. The van der Waals surface area contributed by atoms with E-state index in [9.17, 15) is 4.79 Å². The highest BCUT2D eigenvalue weighted by Gasteiger charge is 2.14. The normalized spacial score (nSPS) is 11.3. The number of halogens is 1. The Morgan fingerprint density at radius 3 is 2.59 bits per heavy atom. The third-order valence-electron chi connectivity index (χ3n) is 2.28. The van der Waals surface area contributed by atoms with Crippen LogP contribution in [0.15, 0.2) is 18.2 Å². The Hall–Kier alpha value is -1.22. The predicted octanol–water partition coefficient (Wildman–Crippen LogP) is 3.85. The van der Waals surface area contributed by atoms with Crippen molar-refractivity contribution in [2.75, 3.05) is 6.61 Å². The number of hydrogen-bond acceptors (Lipinski definition) is 2. The van der Waals surface area contributed by atoms with Crippen LogP contribution in [0.25, 0.3) is 0 Å². The molecule has 1 N–H and O–H groups in total. The fraction of sp³-hybridized carbons (Fsp3) is 0.462. The van der Waals surface area contributed by atoms with E-state index < -0.39 is 5.97 Å². The van der Waals surface area contributed by atoms with E-state index >= 15 is 0 Å². The molecule has 0 amide bonds. The molecule has 0 heterocycles. The lowest BCUT2D eigenvalue weighted by atomic mass is 9.93. The van der Waals surface area contributed by atoms with Crippen molar-refractivity contribution < 1.29 is 14.6 Å². The number of rotatable bonds is 4. The summed E-state index contributed by atoms with van der Waals surface area (Å²) in [5.41, 5.74) is 0.297. The van der Waals surface area contributed by atoms with Gasteiger partial charge in [0.05, 0.1) is 6.61 Å². The molecular formula is C13H17ClO3. The van der Waals surface area contributed by atoms with Gasteiger partial charge in [-0.3, -0.25) is 0 Å². The van der Waals surface area contributed by atoms with Crippen molar-refractivity contribution >= 4 is 17.6 Å². The van der Waals surface area contributed by atoms with Crippen molar-refractivity contribution in [3.63, 3.8) is 0 Å². The van der Waals surface area contributed by atoms with Gasteiger partial charge in [0.15, 0.2) is 0 Å². The molecular weight excluding hydrogens is 240 g/mol. The molecule has 0 aliphatic carbocycles. The summed E-state index contributed by atoms with van der Waals surface area (Å²) in [6.07, 6.45) is 0.846. The third kappa shape index (κ3) is 4.65. The Kier molecular flexibility index (Phi) is 4.40. The van der Waals surface area contributed by atoms with Gasteiger partial charge in [-0.2, -0.15) is 0 Å². The molecule has 3 nitrogen and oxygen atoms in total. The van der Waals surface area contributed by atoms with Crippen LogP contribution in [0.3, 0.4) is 0 Å². The van der Waals surface area contributed by atoms with E-state index in [1.54, 1.807) is 6.07 Å². The molecule has 0 saturated carbocycles. The van der Waals surface area contributed by atoms with Crippen LogP contribution >= 0.6 is 11.6 Å². The van der Waals surface area contributed by atoms with E-state index in [0.29, 0.717) is 17.4 Å². The molecule has 0 saturated heterocycles. The summed E-state index contributed by atoms with van der Waals surface area (Å²) >= 11 is 5.82. The monoisotopic (exact) mass is 256 g/mol. The Labute approximate surface area is 106 Å². The fourth-order valence-electron chi connectivity index (χ4n) is 1.26. The van der Waals surface area contributed by atoms with Crippen molar-refractivity contribution in [2.24, 2.45) is 5.41 Å². The molecule has 0 fully saturated rings. The number of carboxylic acids is 1. The van der Waals surface area contributed by atoms with Gasteiger partial charge in [-0.25, -0.2) is 4.79 Å². The van der Waals surface area contributed by atoms with Crippen molar-refractivity contribution in [3.8, 4) is 5.75 Å². The summed E-state index contributed by atoms with van der Waals surface area (Å²) < 4.78 is 5.49. The molecule has 0 aliphatic rings. The lowest BCUT2D eigenvalue weighted by Gasteiger charge is -2.18. The second kappa shape index (κ2) is 5.41. The maximum atomic E-state index is 11.0. The molecule has 0 bridgehead atoms. The van der Waals surface area contributed by atoms with Crippen LogP contribution in [0.5, 0.6) is 5.75 Å². The van der Waals surface area contributed by atoms with Gasteiger partial charge in [-0.1, -0.05) is 32.4 Å². The molecule has 1 rings (SSSR count). The maximum absolute atomic E-state index is 11.0. The van der Waals surface area contributed by atoms with Crippen LogP contribution in [-0.2, 0) is 0 Å². The summed E-state index contributed by atoms with van der Waals surface area (Å²) in [5.74, 6) is -0.679. The molecule has 0 radical (unpaired) electrons. The molecule has 4 heteroatoms. The summed E-state index contributed by atoms with van der Waals surface area (Å²) in [4.78, 5) is 11.0. The zero-order valence-corrected chi connectivity index (χ0v) is 11.0. The number of benzene rings is 1. The topological polar surface area (TPSA) is 46.5 Å². The van der Waals surface area contributed by atoms with Crippen molar-refractivity contribution in [3.05, 3.63) is 28.8 Å². The van der Waals surface area contributed by atoms with Crippen LogP contribution in [0.4, 0.5) is 0 Å². The smallest absolute Gasteiger partial charge is 0.339 e. The number of carbonyl (C=O) groups is 1. The molecule has 17 heavy (non-hydrogen) atoms. The Morgan fingerprint density at radius 1 is 1.41 bits per heavy atom. The standard InChI is InChI=1S/C13H17ClO3/c1-13(2,3)6-7-17-11-8-9(14)4-5-10(11)12(15)16/h4-5,8H,6-7H2,1-3H3,(H,15,16). The first kappa shape index (κ1) is 13.8. The molecule has 0 unspecified atom stereocenters. The van der Waals surface area contributed by atoms with Crippen molar-refractivity contribution in [1.82, 2.24) is 0 Å². The average molecular weight is 257 g/mol. The maximum Gasteiger partial charge on any atom is 0.339 e. The average Bonchev–Trinajstić information content (AvgIpc) is 2.15. The first-order valence-corrected chi connectivity index (χ1v) is 5.83. The molecule has 0 spiro atoms. The Bertz CT molecular complexity index is 408. The van der Waals surface area contributed by atoms with E-state index in [0.717, 1.165) is 6.42 Å². The van der Waals surface area contributed by atoms with E-state index in [1.165, 1.54) is 12.1 Å². The van der Waals surface area contributed by atoms with E-state index in [4.69, 9.17) is 21.4 Å². The van der Waals surface area contributed by atoms with Gasteiger partial charge in [0.1, 0.15) is 11.3 Å². The molecule has 0 atom stereocenters. The number of hydrogen-bond donors (Lipinski definition) is 1.